The molecule has 1 saturated heterocycles. The van der Waals surface area contributed by atoms with Crippen LogP contribution in [0.4, 0.5) is 5.82 Å². The highest BCUT2D eigenvalue weighted by Crippen LogP contribution is 2.24. The lowest BCUT2D eigenvalue weighted by Gasteiger charge is -2.24. The fourth-order valence-corrected chi connectivity index (χ4v) is 3.61. The maximum absolute atomic E-state index is 12.7. The number of methoxy groups -OCH3 is 1. The number of nitrogens with zero attached hydrogens (tertiary/aromatic N) is 3. The van der Waals surface area contributed by atoms with Crippen LogP contribution in [-0.2, 0) is 6.54 Å². The first-order valence-corrected chi connectivity index (χ1v) is 9.91. The smallest absolute Gasteiger partial charge is 0.275 e. The molecule has 2 N–H and O–H groups in total. The number of rotatable bonds is 8. The molecule has 1 aromatic carbocycles. The standard InChI is InChI=1S/C20H26ClN5O2/c1-3-22-18-17(21)24-16(20(25-18)28-2)19(27)23-12-15-10-7-11-26(15)13-14-8-5-4-6-9-14/h4-6,8-9,15H,3,7,10-13H2,1-2H3,(H,22,25)(H,23,27). The van der Waals surface area contributed by atoms with Crippen LogP contribution in [0, 0.1) is 0 Å². The van der Waals surface area contributed by atoms with Crippen molar-refractivity contribution in [2.45, 2.75) is 32.4 Å². The minimum atomic E-state index is -0.333. The highest BCUT2D eigenvalue weighted by molar-refractivity contribution is 6.31. The molecule has 0 radical (unpaired) electrons. The summed E-state index contributed by atoms with van der Waals surface area (Å²) in [6.07, 6.45) is 2.18. The van der Waals surface area contributed by atoms with Crippen molar-refractivity contribution >= 4 is 23.3 Å². The van der Waals surface area contributed by atoms with Gasteiger partial charge in [-0.05, 0) is 31.9 Å². The minimum absolute atomic E-state index is 0.0989. The van der Waals surface area contributed by atoms with E-state index in [0.717, 1.165) is 25.9 Å². The van der Waals surface area contributed by atoms with Crippen molar-refractivity contribution in [2.75, 3.05) is 32.1 Å². The summed E-state index contributed by atoms with van der Waals surface area (Å²) in [6.45, 7) is 5.02. The Morgan fingerprint density at radius 3 is 2.82 bits per heavy atom. The Morgan fingerprint density at radius 2 is 2.11 bits per heavy atom. The molecule has 1 unspecified atom stereocenters. The van der Waals surface area contributed by atoms with E-state index in [9.17, 15) is 4.79 Å². The van der Waals surface area contributed by atoms with Gasteiger partial charge in [-0.25, -0.2) is 4.98 Å². The van der Waals surface area contributed by atoms with E-state index in [1.807, 2.05) is 25.1 Å². The first kappa shape index (κ1) is 20.4. The summed E-state index contributed by atoms with van der Waals surface area (Å²) in [5, 5.41) is 6.12. The summed E-state index contributed by atoms with van der Waals surface area (Å²) in [7, 11) is 1.46. The second-order valence-electron chi connectivity index (χ2n) is 6.71. The number of aromatic nitrogens is 2. The predicted octanol–water partition coefficient (Wildman–Crippen LogP) is 2.96. The molecular weight excluding hydrogens is 378 g/mol. The highest BCUT2D eigenvalue weighted by Gasteiger charge is 2.26. The molecule has 150 valence electrons. The van der Waals surface area contributed by atoms with Gasteiger partial charge in [0.15, 0.2) is 16.7 Å². The molecule has 0 spiro atoms. The molecule has 2 heterocycles. The van der Waals surface area contributed by atoms with Gasteiger partial charge in [0.2, 0.25) is 5.88 Å². The maximum atomic E-state index is 12.7. The zero-order valence-electron chi connectivity index (χ0n) is 16.2. The van der Waals surface area contributed by atoms with Crippen LogP contribution < -0.4 is 15.4 Å². The Morgan fingerprint density at radius 1 is 1.32 bits per heavy atom. The van der Waals surface area contributed by atoms with Crippen molar-refractivity contribution in [1.82, 2.24) is 20.2 Å². The maximum Gasteiger partial charge on any atom is 0.275 e. The number of nitrogens with one attached hydrogen (secondary N) is 2. The Labute approximate surface area is 170 Å². The van der Waals surface area contributed by atoms with E-state index < -0.39 is 0 Å². The molecule has 3 rings (SSSR count). The monoisotopic (exact) mass is 403 g/mol. The molecule has 0 saturated carbocycles. The molecule has 2 aromatic rings. The fourth-order valence-electron chi connectivity index (χ4n) is 3.42. The van der Waals surface area contributed by atoms with Crippen LogP contribution in [-0.4, -0.2) is 53.6 Å². The molecule has 1 aliphatic heterocycles. The van der Waals surface area contributed by atoms with E-state index in [1.165, 1.54) is 12.7 Å². The summed E-state index contributed by atoms with van der Waals surface area (Å²) >= 11 is 6.14. The Bertz CT molecular complexity index is 803. The van der Waals surface area contributed by atoms with E-state index in [0.29, 0.717) is 24.9 Å². The quantitative estimate of drug-likeness (QED) is 0.705. The molecule has 0 bridgehead atoms. The summed E-state index contributed by atoms with van der Waals surface area (Å²) < 4.78 is 5.24. The van der Waals surface area contributed by atoms with Crippen molar-refractivity contribution in [1.29, 1.82) is 0 Å². The first-order chi connectivity index (χ1) is 13.6. The van der Waals surface area contributed by atoms with Gasteiger partial charge in [-0.2, -0.15) is 4.98 Å². The minimum Gasteiger partial charge on any atom is -0.479 e. The SMILES string of the molecule is CCNc1nc(OC)c(C(=O)NCC2CCCN2Cc2ccccc2)nc1Cl. The number of carbonyl (C=O) groups is 1. The van der Waals surface area contributed by atoms with Gasteiger partial charge in [-0.1, -0.05) is 41.9 Å². The second kappa shape index (κ2) is 9.71. The van der Waals surface area contributed by atoms with Gasteiger partial charge in [-0.3, -0.25) is 9.69 Å². The summed E-state index contributed by atoms with van der Waals surface area (Å²) in [4.78, 5) is 23.5. The van der Waals surface area contributed by atoms with Gasteiger partial charge >= 0.3 is 0 Å². The average Bonchev–Trinajstić information content (AvgIpc) is 3.15. The number of ether oxygens (including phenoxy) is 1. The van der Waals surface area contributed by atoms with Crippen molar-refractivity contribution in [3.63, 3.8) is 0 Å². The predicted molar refractivity (Wildman–Crippen MR) is 110 cm³/mol. The molecule has 7 nitrogen and oxygen atoms in total. The highest BCUT2D eigenvalue weighted by atomic mass is 35.5. The van der Waals surface area contributed by atoms with Gasteiger partial charge < -0.3 is 15.4 Å². The van der Waals surface area contributed by atoms with Gasteiger partial charge in [-0.15, -0.1) is 0 Å². The molecule has 28 heavy (non-hydrogen) atoms. The number of hydrogen-bond donors (Lipinski definition) is 2. The van der Waals surface area contributed by atoms with E-state index in [-0.39, 0.29) is 22.6 Å². The van der Waals surface area contributed by atoms with Gasteiger partial charge in [0.05, 0.1) is 7.11 Å². The summed E-state index contributed by atoms with van der Waals surface area (Å²) in [5.74, 6) is 0.230. The normalized spacial score (nSPS) is 16.8. The van der Waals surface area contributed by atoms with Crippen molar-refractivity contribution < 1.29 is 9.53 Å². The Hall–Kier alpha value is -2.38. The van der Waals surface area contributed by atoms with Crippen LogP contribution in [0.25, 0.3) is 0 Å². The number of likely N-dealkylation sites (tertiary alicyclic amines) is 1. The molecule has 8 heteroatoms. The lowest BCUT2D eigenvalue weighted by molar-refractivity contribution is 0.0930. The molecule has 1 aromatic heterocycles. The number of anilines is 1. The number of halogens is 1. The second-order valence-corrected chi connectivity index (χ2v) is 7.07. The molecule has 0 aliphatic carbocycles. The topological polar surface area (TPSA) is 79.4 Å². The number of benzene rings is 1. The summed E-state index contributed by atoms with van der Waals surface area (Å²) in [6, 6.07) is 10.7. The van der Waals surface area contributed by atoms with Gasteiger partial charge in [0.25, 0.3) is 5.91 Å². The molecule has 1 fully saturated rings. The molecule has 1 aliphatic rings. The zero-order valence-corrected chi connectivity index (χ0v) is 17.0. The average molecular weight is 404 g/mol. The van der Waals surface area contributed by atoms with Crippen LogP contribution in [0.2, 0.25) is 5.15 Å². The van der Waals surface area contributed by atoms with E-state index in [2.05, 4.69) is 37.6 Å². The third-order valence-corrected chi connectivity index (χ3v) is 5.06. The van der Waals surface area contributed by atoms with Crippen molar-refractivity contribution in [3.05, 3.63) is 46.7 Å². The van der Waals surface area contributed by atoms with Crippen LogP contribution in [0.3, 0.4) is 0 Å². The number of hydrogen-bond acceptors (Lipinski definition) is 6. The van der Waals surface area contributed by atoms with E-state index >= 15 is 0 Å². The Kier molecular flexibility index (Phi) is 7.06. The largest absolute Gasteiger partial charge is 0.479 e. The van der Waals surface area contributed by atoms with Crippen molar-refractivity contribution in [3.8, 4) is 5.88 Å². The van der Waals surface area contributed by atoms with Crippen molar-refractivity contribution in [2.24, 2.45) is 0 Å². The Balaban J connectivity index is 1.64. The lowest BCUT2D eigenvalue weighted by atomic mass is 10.2. The third-order valence-electron chi connectivity index (χ3n) is 4.80. The van der Waals surface area contributed by atoms with Crippen LogP contribution in [0.15, 0.2) is 30.3 Å². The van der Waals surface area contributed by atoms with Crippen LogP contribution >= 0.6 is 11.6 Å². The molecule has 1 atom stereocenters. The van der Waals surface area contributed by atoms with Gasteiger partial charge in [0, 0.05) is 25.7 Å². The van der Waals surface area contributed by atoms with E-state index in [4.69, 9.17) is 16.3 Å². The fraction of sp³-hybridized carbons (Fsp3) is 0.450. The lowest BCUT2D eigenvalue weighted by Crippen LogP contribution is -2.40. The molecular formula is C20H26ClN5O2. The van der Waals surface area contributed by atoms with E-state index in [1.54, 1.807) is 0 Å². The molecule has 1 amide bonds. The first-order valence-electron chi connectivity index (χ1n) is 9.54. The van der Waals surface area contributed by atoms with Gasteiger partial charge in [0.1, 0.15) is 0 Å². The van der Waals surface area contributed by atoms with Crippen LogP contribution in [0.1, 0.15) is 35.8 Å². The summed E-state index contributed by atoms with van der Waals surface area (Å²) in [5.41, 5.74) is 1.38. The third kappa shape index (κ3) is 4.91. The van der Waals surface area contributed by atoms with Crippen LogP contribution in [0.5, 0.6) is 5.88 Å². The number of carbonyl (C=O) groups excluding carboxylic acids is 1. The number of amides is 1. The zero-order chi connectivity index (χ0) is 19.9.